The van der Waals surface area contributed by atoms with Crippen LogP contribution in [0.15, 0.2) is 36.7 Å². The van der Waals surface area contributed by atoms with Crippen molar-refractivity contribution in [1.82, 2.24) is 9.97 Å². The van der Waals surface area contributed by atoms with Crippen LogP contribution in [0.3, 0.4) is 0 Å². The summed E-state index contributed by atoms with van der Waals surface area (Å²) in [7, 11) is 1.49. The number of rotatable bonds is 5. The number of hydrogen-bond acceptors (Lipinski definition) is 5. The van der Waals surface area contributed by atoms with Crippen LogP contribution >= 0.6 is 0 Å². The van der Waals surface area contributed by atoms with Gasteiger partial charge in [0, 0.05) is 18.0 Å². The predicted molar refractivity (Wildman–Crippen MR) is 70.3 cm³/mol. The number of aliphatic hydroxyl groups excluding tert-OH is 1. The molecule has 0 aliphatic carbocycles. The van der Waals surface area contributed by atoms with Crippen molar-refractivity contribution >= 4 is 0 Å². The maximum absolute atomic E-state index is 10.4. The third-order valence-electron chi connectivity index (χ3n) is 2.66. The molecule has 1 aromatic heterocycles. The maximum atomic E-state index is 10.4. The minimum Gasteiger partial charge on any atom is -0.493 e. The van der Waals surface area contributed by atoms with Gasteiger partial charge in [-0.3, -0.25) is 4.98 Å². The SMILES string of the molecule is CCOc1ccccc1C(O)c1nccnc1OC. The van der Waals surface area contributed by atoms with E-state index in [0.29, 0.717) is 29.5 Å². The highest BCUT2D eigenvalue weighted by molar-refractivity contribution is 5.40. The monoisotopic (exact) mass is 260 g/mol. The molecule has 1 N–H and O–H groups in total. The minimum atomic E-state index is -0.939. The van der Waals surface area contributed by atoms with Gasteiger partial charge in [0.15, 0.2) is 0 Å². The van der Waals surface area contributed by atoms with Crippen molar-refractivity contribution < 1.29 is 14.6 Å². The number of nitrogens with zero attached hydrogens (tertiary/aromatic N) is 2. The first kappa shape index (κ1) is 13.3. The molecule has 0 amide bonds. The van der Waals surface area contributed by atoms with Crippen LogP contribution in [0, 0.1) is 0 Å². The van der Waals surface area contributed by atoms with E-state index in [2.05, 4.69) is 9.97 Å². The van der Waals surface area contributed by atoms with Crippen LogP contribution in [-0.4, -0.2) is 28.8 Å². The van der Waals surface area contributed by atoms with Crippen LogP contribution < -0.4 is 9.47 Å². The van der Waals surface area contributed by atoms with Gasteiger partial charge in [0.2, 0.25) is 5.88 Å². The van der Waals surface area contributed by atoms with E-state index in [-0.39, 0.29) is 0 Å². The lowest BCUT2D eigenvalue weighted by atomic mass is 10.1. The first-order valence-electron chi connectivity index (χ1n) is 6.02. The zero-order valence-corrected chi connectivity index (χ0v) is 10.9. The first-order chi connectivity index (χ1) is 9.27. The van der Waals surface area contributed by atoms with Crippen LogP contribution in [0.2, 0.25) is 0 Å². The smallest absolute Gasteiger partial charge is 0.238 e. The van der Waals surface area contributed by atoms with Gasteiger partial charge >= 0.3 is 0 Å². The van der Waals surface area contributed by atoms with Crippen molar-refractivity contribution in [3.63, 3.8) is 0 Å². The zero-order valence-electron chi connectivity index (χ0n) is 10.9. The summed E-state index contributed by atoms with van der Waals surface area (Å²) >= 11 is 0. The third kappa shape index (κ3) is 2.82. The van der Waals surface area contributed by atoms with E-state index in [1.165, 1.54) is 19.5 Å². The Labute approximate surface area is 111 Å². The number of ether oxygens (including phenoxy) is 2. The Bertz CT molecular complexity index is 546. The fraction of sp³-hybridized carbons (Fsp3) is 0.286. The average Bonchev–Trinajstić information content (AvgIpc) is 2.47. The van der Waals surface area contributed by atoms with E-state index in [1.807, 2.05) is 25.1 Å². The zero-order chi connectivity index (χ0) is 13.7. The standard InChI is InChI=1S/C14H16N2O3/c1-3-19-11-7-5-4-6-10(11)13(17)12-14(18-2)16-9-8-15-12/h4-9,13,17H,3H2,1-2H3. The van der Waals surface area contributed by atoms with E-state index in [4.69, 9.17) is 9.47 Å². The summed E-state index contributed by atoms with van der Waals surface area (Å²) < 4.78 is 10.6. The Morgan fingerprint density at radius 3 is 2.68 bits per heavy atom. The van der Waals surface area contributed by atoms with Crippen LogP contribution in [0.4, 0.5) is 0 Å². The number of hydrogen-bond donors (Lipinski definition) is 1. The van der Waals surface area contributed by atoms with Gasteiger partial charge in [-0.2, -0.15) is 0 Å². The number of methoxy groups -OCH3 is 1. The van der Waals surface area contributed by atoms with E-state index < -0.39 is 6.10 Å². The summed E-state index contributed by atoms with van der Waals surface area (Å²) in [4.78, 5) is 8.17. The fourth-order valence-electron chi connectivity index (χ4n) is 1.82. The summed E-state index contributed by atoms with van der Waals surface area (Å²) in [6.07, 6.45) is 2.10. The molecule has 0 spiro atoms. The minimum absolute atomic E-state index is 0.307. The molecule has 2 rings (SSSR count). The maximum Gasteiger partial charge on any atom is 0.238 e. The molecule has 19 heavy (non-hydrogen) atoms. The molecule has 2 aromatic rings. The van der Waals surface area contributed by atoms with Gasteiger partial charge in [0.25, 0.3) is 0 Å². The molecule has 1 unspecified atom stereocenters. The highest BCUT2D eigenvalue weighted by Crippen LogP contribution is 2.32. The molecule has 0 fully saturated rings. The fourth-order valence-corrected chi connectivity index (χ4v) is 1.82. The Morgan fingerprint density at radius 2 is 1.95 bits per heavy atom. The molecular formula is C14H16N2O3. The summed E-state index contributed by atoms with van der Waals surface area (Å²) in [6.45, 7) is 2.42. The summed E-state index contributed by atoms with van der Waals surface area (Å²) in [5.41, 5.74) is 1.01. The molecule has 1 heterocycles. The van der Waals surface area contributed by atoms with Crippen molar-refractivity contribution in [2.75, 3.05) is 13.7 Å². The van der Waals surface area contributed by atoms with Crippen molar-refractivity contribution in [1.29, 1.82) is 0 Å². The Hall–Kier alpha value is -2.14. The molecular weight excluding hydrogens is 244 g/mol. The van der Waals surface area contributed by atoms with Crippen molar-refractivity contribution in [2.24, 2.45) is 0 Å². The lowest BCUT2D eigenvalue weighted by Gasteiger charge is -2.16. The first-order valence-corrected chi connectivity index (χ1v) is 6.02. The predicted octanol–water partition coefficient (Wildman–Crippen LogP) is 1.97. The average molecular weight is 260 g/mol. The van der Waals surface area contributed by atoms with Crippen LogP contribution in [-0.2, 0) is 0 Å². The van der Waals surface area contributed by atoms with Crippen molar-refractivity contribution in [2.45, 2.75) is 13.0 Å². The van der Waals surface area contributed by atoms with Gasteiger partial charge in [-0.15, -0.1) is 0 Å². The Morgan fingerprint density at radius 1 is 1.21 bits per heavy atom. The summed E-state index contributed by atoms with van der Waals surface area (Å²) in [5, 5.41) is 10.4. The number of aromatic nitrogens is 2. The third-order valence-corrected chi connectivity index (χ3v) is 2.66. The van der Waals surface area contributed by atoms with E-state index in [1.54, 1.807) is 6.07 Å². The highest BCUT2D eigenvalue weighted by Gasteiger charge is 2.21. The highest BCUT2D eigenvalue weighted by atomic mass is 16.5. The quantitative estimate of drug-likeness (QED) is 0.890. The van der Waals surface area contributed by atoms with Crippen LogP contribution in [0.25, 0.3) is 0 Å². The molecule has 1 aromatic carbocycles. The topological polar surface area (TPSA) is 64.5 Å². The lowest BCUT2D eigenvalue weighted by molar-refractivity contribution is 0.200. The molecule has 0 bridgehead atoms. The summed E-state index contributed by atoms with van der Waals surface area (Å²) in [6, 6.07) is 7.30. The van der Waals surface area contributed by atoms with Gasteiger partial charge in [-0.1, -0.05) is 18.2 Å². The van der Waals surface area contributed by atoms with Gasteiger partial charge in [-0.25, -0.2) is 4.98 Å². The Balaban J connectivity index is 2.41. The normalized spacial score (nSPS) is 11.9. The van der Waals surface area contributed by atoms with Crippen molar-refractivity contribution in [3.8, 4) is 11.6 Å². The number of aliphatic hydroxyl groups is 1. The molecule has 0 aliphatic rings. The van der Waals surface area contributed by atoms with Gasteiger partial charge < -0.3 is 14.6 Å². The lowest BCUT2D eigenvalue weighted by Crippen LogP contribution is -2.08. The summed E-state index contributed by atoms with van der Waals surface area (Å²) in [5.74, 6) is 0.937. The number of para-hydroxylation sites is 1. The second-order valence-corrected chi connectivity index (χ2v) is 3.82. The molecule has 5 nitrogen and oxygen atoms in total. The second-order valence-electron chi connectivity index (χ2n) is 3.82. The van der Waals surface area contributed by atoms with E-state index in [9.17, 15) is 5.11 Å². The van der Waals surface area contributed by atoms with E-state index >= 15 is 0 Å². The number of benzene rings is 1. The van der Waals surface area contributed by atoms with Gasteiger partial charge in [0.05, 0.1) is 13.7 Å². The largest absolute Gasteiger partial charge is 0.493 e. The molecule has 0 saturated carbocycles. The van der Waals surface area contributed by atoms with E-state index in [0.717, 1.165) is 0 Å². The van der Waals surface area contributed by atoms with Gasteiger partial charge in [0.1, 0.15) is 17.5 Å². The molecule has 1 atom stereocenters. The molecule has 5 heteroatoms. The van der Waals surface area contributed by atoms with Crippen LogP contribution in [0.5, 0.6) is 11.6 Å². The second kappa shape index (κ2) is 6.15. The molecule has 0 saturated heterocycles. The molecule has 100 valence electrons. The van der Waals surface area contributed by atoms with Gasteiger partial charge in [-0.05, 0) is 13.0 Å². The molecule has 0 radical (unpaired) electrons. The molecule has 0 aliphatic heterocycles. The van der Waals surface area contributed by atoms with Crippen molar-refractivity contribution in [3.05, 3.63) is 47.9 Å². The Kier molecular flexibility index (Phi) is 4.30. The van der Waals surface area contributed by atoms with Crippen LogP contribution in [0.1, 0.15) is 24.3 Å².